The fourth-order valence-corrected chi connectivity index (χ4v) is 1.37. The highest BCUT2D eigenvalue weighted by atomic mass is 16.1. The zero-order valence-electron chi connectivity index (χ0n) is 8.71. The second-order valence-electron chi connectivity index (χ2n) is 3.31. The van der Waals surface area contributed by atoms with Crippen molar-refractivity contribution >= 4 is 5.82 Å². The minimum absolute atomic E-state index is 0.151. The van der Waals surface area contributed by atoms with Crippen LogP contribution >= 0.6 is 0 Å². The Labute approximate surface area is 83.8 Å². The Hall–Kier alpha value is -1.32. The zero-order chi connectivity index (χ0) is 10.4. The maximum Gasteiger partial charge on any atom is 0.290 e. The Morgan fingerprint density at radius 3 is 2.93 bits per heavy atom. The lowest BCUT2D eigenvalue weighted by atomic mass is 10.1. The first kappa shape index (κ1) is 10.8. The topological polar surface area (TPSA) is 57.8 Å². The molecule has 2 N–H and O–H groups in total. The third-order valence-corrected chi connectivity index (χ3v) is 2.18. The van der Waals surface area contributed by atoms with Gasteiger partial charge in [-0.05, 0) is 12.8 Å². The number of H-pyrrole nitrogens is 1. The fourth-order valence-electron chi connectivity index (χ4n) is 1.37. The van der Waals surface area contributed by atoms with Crippen molar-refractivity contribution in [3.63, 3.8) is 0 Å². The second kappa shape index (κ2) is 5.42. The number of nitrogens with one attached hydrogen (secondary N) is 2. The zero-order valence-corrected chi connectivity index (χ0v) is 8.71. The van der Waals surface area contributed by atoms with E-state index >= 15 is 0 Å². The van der Waals surface area contributed by atoms with E-state index in [0.717, 1.165) is 19.3 Å². The van der Waals surface area contributed by atoms with Crippen molar-refractivity contribution in [2.75, 3.05) is 5.32 Å². The molecule has 1 rings (SSSR count). The van der Waals surface area contributed by atoms with E-state index in [2.05, 4.69) is 29.1 Å². The van der Waals surface area contributed by atoms with Gasteiger partial charge in [-0.25, -0.2) is 4.98 Å². The van der Waals surface area contributed by atoms with E-state index in [4.69, 9.17) is 0 Å². The first-order valence-electron chi connectivity index (χ1n) is 5.08. The van der Waals surface area contributed by atoms with Crippen LogP contribution in [0, 0.1) is 0 Å². The van der Waals surface area contributed by atoms with Crippen molar-refractivity contribution in [3.05, 3.63) is 22.7 Å². The molecule has 1 unspecified atom stereocenters. The molecular weight excluding hydrogens is 178 g/mol. The minimum Gasteiger partial charge on any atom is -0.363 e. The molecule has 4 nitrogen and oxygen atoms in total. The SMILES string of the molecule is CCCC(CC)Nc1ncc[nH]c1=O. The van der Waals surface area contributed by atoms with E-state index < -0.39 is 0 Å². The van der Waals surface area contributed by atoms with Gasteiger partial charge in [0.2, 0.25) is 0 Å². The highest BCUT2D eigenvalue weighted by Gasteiger charge is 2.07. The third kappa shape index (κ3) is 2.87. The molecule has 0 saturated heterocycles. The molecule has 4 heteroatoms. The van der Waals surface area contributed by atoms with Crippen LogP contribution in [-0.4, -0.2) is 16.0 Å². The van der Waals surface area contributed by atoms with Gasteiger partial charge < -0.3 is 10.3 Å². The van der Waals surface area contributed by atoms with Crippen LogP contribution in [-0.2, 0) is 0 Å². The van der Waals surface area contributed by atoms with Gasteiger partial charge in [-0.3, -0.25) is 4.79 Å². The molecule has 0 saturated carbocycles. The fraction of sp³-hybridized carbons (Fsp3) is 0.600. The van der Waals surface area contributed by atoms with Crippen molar-refractivity contribution in [2.45, 2.75) is 39.2 Å². The standard InChI is InChI=1S/C10H17N3O/c1-3-5-8(4-2)13-9-10(14)12-7-6-11-9/h6-8H,3-5H2,1-2H3,(H,11,13)(H,12,14). The van der Waals surface area contributed by atoms with Crippen LogP contribution in [0.4, 0.5) is 5.82 Å². The van der Waals surface area contributed by atoms with Crippen molar-refractivity contribution in [1.82, 2.24) is 9.97 Å². The van der Waals surface area contributed by atoms with Crippen LogP contribution in [0.2, 0.25) is 0 Å². The van der Waals surface area contributed by atoms with Crippen molar-refractivity contribution in [3.8, 4) is 0 Å². The van der Waals surface area contributed by atoms with Gasteiger partial charge in [0.25, 0.3) is 5.56 Å². The smallest absolute Gasteiger partial charge is 0.290 e. The number of hydrogen-bond acceptors (Lipinski definition) is 3. The van der Waals surface area contributed by atoms with Gasteiger partial charge in [0.15, 0.2) is 5.82 Å². The van der Waals surface area contributed by atoms with Crippen molar-refractivity contribution in [1.29, 1.82) is 0 Å². The molecule has 14 heavy (non-hydrogen) atoms. The largest absolute Gasteiger partial charge is 0.363 e. The summed E-state index contributed by atoms with van der Waals surface area (Å²) in [5.74, 6) is 0.424. The number of anilines is 1. The van der Waals surface area contributed by atoms with E-state index in [1.807, 2.05) is 0 Å². The van der Waals surface area contributed by atoms with Gasteiger partial charge in [-0.2, -0.15) is 0 Å². The Morgan fingerprint density at radius 2 is 2.36 bits per heavy atom. The monoisotopic (exact) mass is 195 g/mol. The molecular formula is C10H17N3O. The van der Waals surface area contributed by atoms with Crippen molar-refractivity contribution in [2.24, 2.45) is 0 Å². The average Bonchev–Trinajstić information content (AvgIpc) is 2.20. The highest BCUT2D eigenvalue weighted by Crippen LogP contribution is 2.05. The molecule has 0 aromatic carbocycles. The van der Waals surface area contributed by atoms with Gasteiger partial charge in [0, 0.05) is 18.4 Å². The Balaban J connectivity index is 2.67. The molecule has 0 bridgehead atoms. The van der Waals surface area contributed by atoms with Crippen LogP contribution in [0.15, 0.2) is 17.2 Å². The van der Waals surface area contributed by atoms with Crippen LogP contribution in [0.3, 0.4) is 0 Å². The molecule has 1 heterocycles. The van der Waals surface area contributed by atoms with Gasteiger partial charge in [0.05, 0.1) is 0 Å². The van der Waals surface area contributed by atoms with Crippen molar-refractivity contribution < 1.29 is 0 Å². The summed E-state index contributed by atoms with van der Waals surface area (Å²) < 4.78 is 0. The number of aromatic amines is 1. The Morgan fingerprint density at radius 1 is 1.57 bits per heavy atom. The van der Waals surface area contributed by atoms with Gasteiger partial charge >= 0.3 is 0 Å². The van der Waals surface area contributed by atoms with E-state index in [1.54, 1.807) is 6.20 Å². The Bertz CT molecular complexity index is 321. The van der Waals surface area contributed by atoms with Gasteiger partial charge in [0.1, 0.15) is 0 Å². The molecule has 1 aromatic rings. The van der Waals surface area contributed by atoms with E-state index in [-0.39, 0.29) is 5.56 Å². The lowest BCUT2D eigenvalue weighted by Gasteiger charge is -2.15. The molecule has 0 aliphatic carbocycles. The number of nitrogens with zero attached hydrogens (tertiary/aromatic N) is 1. The molecule has 0 radical (unpaired) electrons. The maximum atomic E-state index is 11.3. The predicted octanol–water partition coefficient (Wildman–Crippen LogP) is 1.76. The van der Waals surface area contributed by atoms with Crippen LogP contribution in [0.25, 0.3) is 0 Å². The quantitative estimate of drug-likeness (QED) is 0.752. The van der Waals surface area contributed by atoms with E-state index in [1.165, 1.54) is 6.20 Å². The molecule has 1 atom stereocenters. The lowest BCUT2D eigenvalue weighted by Crippen LogP contribution is -2.24. The van der Waals surface area contributed by atoms with Crippen LogP contribution < -0.4 is 10.9 Å². The normalized spacial score (nSPS) is 12.4. The highest BCUT2D eigenvalue weighted by molar-refractivity contribution is 5.31. The average molecular weight is 195 g/mol. The summed E-state index contributed by atoms with van der Waals surface area (Å²) in [6.07, 6.45) is 6.29. The molecule has 0 spiro atoms. The summed E-state index contributed by atoms with van der Waals surface area (Å²) in [5.41, 5.74) is -0.151. The molecule has 0 fully saturated rings. The summed E-state index contributed by atoms with van der Waals surface area (Å²) in [5, 5.41) is 3.14. The first-order chi connectivity index (χ1) is 6.77. The van der Waals surface area contributed by atoms with Gasteiger partial charge in [-0.1, -0.05) is 20.3 Å². The second-order valence-corrected chi connectivity index (χ2v) is 3.31. The Kier molecular flexibility index (Phi) is 4.16. The van der Waals surface area contributed by atoms with E-state index in [9.17, 15) is 4.79 Å². The molecule has 0 aliphatic rings. The summed E-state index contributed by atoms with van der Waals surface area (Å²) in [7, 11) is 0. The summed E-state index contributed by atoms with van der Waals surface area (Å²) in [6.45, 7) is 4.23. The lowest BCUT2D eigenvalue weighted by molar-refractivity contribution is 0.619. The summed E-state index contributed by atoms with van der Waals surface area (Å²) in [6, 6.07) is 0.344. The van der Waals surface area contributed by atoms with Crippen LogP contribution in [0.5, 0.6) is 0 Å². The maximum absolute atomic E-state index is 11.3. The number of rotatable bonds is 5. The first-order valence-corrected chi connectivity index (χ1v) is 5.08. The number of hydrogen-bond donors (Lipinski definition) is 2. The van der Waals surface area contributed by atoms with Gasteiger partial charge in [-0.15, -0.1) is 0 Å². The molecule has 78 valence electrons. The minimum atomic E-state index is -0.151. The number of aromatic nitrogens is 2. The van der Waals surface area contributed by atoms with Crippen LogP contribution in [0.1, 0.15) is 33.1 Å². The third-order valence-electron chi connectivity index (χ3n) is 2.18. The summed E-state index contributed by atoms with van der Waals surface area (Å²) in [4.78, 5) is 17.9. The molecule has 0 aliphatic heterocycles. The molecule has 0 amide bonds. The summed E-state index contributed by atoms with van der Waals surface area (Å²) >= 11 is 0. The van der Waals surface area contributed by atoms with E-state index in [0.29, 0.717) is 11.9 Å². The molecule has 1 aromatic heterocycles. The predicted molar refractivity (Wildman–Crippen MR) is 57.5 cm³/mol.